The van der Waals surface area contributed by atoms with Crippen LogP contribution in [0.2, 0.25) is 0 Å². The molecule has 3 saturated carbocycles. The van der Waals surface area contributed by atoms with Crippen molar-refractivity contribution in [3.05, 3.63) is 83.9 Å². The summed E-state index contributed by atoms with van der Waals surface area (Å²) in [5.74, 6) is -5.33. The van der Waals surface area contributed by atoms with E-state index in [-0.39, 0.29) is 5.92 Å². The summed E-state index contributed by atoms with van der Waals surface area (Å²) >= 11 is 0. The molecule has 6 aliphatic rings. The maximum Gasteiger partial charge on any atom is 0.338 e. The molecule has 46 heavy (non-hydrogen) atoms. The molecule has 0 radical (unpaired) electrons. The lowest BCUT2D eigenvalue weighted by Gasteiger charge is -2.62. The summed E-state index contributed by atoms with van der Waals surface area (Å²) in [5, 5.41) is 25.4. The molecule has 6 fully saturated rings. The van der Waals surface area contributed by atoms with Gasteiger partial charge in [0.15, 0.2) is 6.10 Å². The van der Waals surface area contributed by atoms with Crippen molar-refractivity contribution >= 4 is 11.9 Å². The first-order valence-corrected chi connectivity index (χ1v) is 16.1. The number of rotatable bonds is 5. The third-order valence-electron chi connectivity index (χ3n) is 12.0. The van der Waals surface area contributed by atoms with Crippen LogP contribution in [0.25, 0.3) is 0 Å². The molecule has 10 nitrogen and oxygen atoms in total. The second-order valence-corrected chi connectivity index (χ2v) is 14.5. The topological polar surface area (TPSA) is 130 Å². The molecule has 244 valence electrons. The average Bonchev–Trinajstić information content (AvgIpc) is 3.61. The van der Waals surface area contributed by atoms with Gasteiger partial charge in [-0.1, -0.05) is 56.8 Å². The van der Waals surface area contributed by atoms with Gasteiger partial charge in [-0.05, 0) is 56.0 Å². The van der Waals surface area contributed by atoms with Crippen molar-refractivity contribution in [2.75, 3.05) is 0 Å². The van der Waals surface area contributed by atoms with Gasteiger partial charge >= 0.3 is 11.9 Å². The highest BCUT2D eigenvalue weighted by Crippen LogP contribution is 2.73. The molecule has 2 N–H and O–H groups in total. The van der Waals surface area contributed by atoms with Crippen LogP contribution in [-0.4, -0.2) is 81.0 Å². The summed E-state index contributed by atoms with van der Waals surface area (Å²) in [6.45, 7) is 13.3. The summed E-state index contributed by atoms with van der Waals surface area (Å²) in [6.07, 6.45) is -4.60. The number of ether oxygens (including phenoxy) is 6. The van der Waals surface area contributed by atoms with Crippen molar-refractivity contribution in [3.8, 4) is 0 Å². The Hall–Kier alpha value is -3.12. The van der Waals surface area contributed by atoms with E-state index in [1.165, 1.54) is 0 Å². The minimum absolute atomic E-state index is 0.302. The summed E-state index contributed by atoms with van der Waals surface area (Å²) in [4.78, 5) is 27.6. The Bertz CT molecular complexity index is 1610. The highest BCUT2D eigenvalue weighted by atomic mass is 16.9. The molecule has 4 bridgehead atoms. The quantitative estimate of drug-likeness (QED) is 0.371. The fourth-order valence-electron chi connectivity index (χ4n) is 10.1. The number of fused-ring (bicyclic) bond motifs is 5. The van der Waals surface area contributed by atoms with Gasteiger partial charge in [-0.25, -0.2) is 9.59 Å². The number of carbonyl (C=O) groups excluding carboxylic acids is 2. The van der Waals surface area contributed by atoms with Crippen LogP contribution in [0.1, 0.15) is 61.8 Å². The number of aliphatic hydroxyl groups excluding tert-OH is 1. The van der Waals surface area contributed by atoms with Gasteiger partial charge in [-0.15, -0.1) is 0 Å². The molecule has 14 atom stereocenters. The van der Waals surface area contributed by atoms with Crippen LogP contribution in [0, 0.1) is 23.7 Å². The molecule has 8 rings (SSSR count). The van der Waals surface area contributed by atoms with Gasteiger partial charge in [-0.2, -0.15) is 0 Å². The first-order valence-electron chi connectivity index (χ1n) is 16.1. The standard InChI is InChI=1S/C36H40O10/c1-18(2)35-26-20(4)34(40)23-17-19(3)25(37)36(23)31(42-30(39)22-15-11-8-12-16-22)32(5,45-36)27(41-29(38)21-13-9-7-10-14-21)24(34)28(35)44-33(6,43-26)46-35/h7-16,19-20,23-28,31,37,40H,1,17H2,2-6H3. The predicted molar refractivity (Wildman–Crippen MR) is 161 cm³/mol. The van der Waals surface area contributed by atoms with Gasteiger partial charge in [0.25, 0.3) is 5.97 Å². The Balaban J connectivity index is 1.34. The molecule has 2 aromatic carbocycles. The van der Waals surface area contributed by atoms with Crippen LogP contribution in [0.4, 0.5) is 0 Å². The van der Waals surface area contributed by atoms with Gasteiger partial charge < -0.3 is 38.6 Å². The summed E-state index contributed by atoms with van der Waals surface area (Å²) in [7, 11) is 0. The van der Waals surface area contributed by atoms with E-state index in [1.54, 1.807) is 74.5 Å². The van der Waals surface area contributed by atoms with E-state index >= 15 is 0 Å². The number of carbonyl (C=O) groups is 2. The third-order valence-corrected chi connectivity index (χ3v) is 12.0. The number of benzene rings is 2. The Labute approximate surface area is 267 Å². The molecule has 0 amide bonds. The summed E-state index contributed by atoms with van der Waals surface area (Å²) in [6, 6.07) is 17.1. The molecule has 3 aliphatic carbocycles. The molecular weight excluding hydrogens is 592 g/mol. The van der Waals surface area contributed by atoms with Crippen molar-refractivity contribution in [1.82, 2.24) is 0 Å². The lowest BCUT2D eigenvalue weighted by molar-refractivity contribution is -0.388. The zero-order chi connectivity index (χ0) is 32.6. The molecule has 14 unspecified atom stereocenters. The minimum Gasteiger partial charge on any atom is -0.455 e. The molecule has 3 heterocycles. The van der Waals surface area contributed by atoms with Crippen molar-refractivity contribution < 1.29 is 48.2 Å². The van der Waals surface area contributed by atoms with Crippen molar-refractivity contribution in [3.63, 3.8) is 0 Å². The third kappa shape index (κ3) is 3.47. The van der Waals surface area contributed by atoms with E-state index < -0.39 is 88.6 Å². The molecule has 0 aromatic heterocycles. The van der Waals surface area contributed by atoms with E-state index in [0.29, 0.717) is 23.1 Å². The van der Waals surface area contributed by atoms with Gasteiger partial charge in [0.1, 0.15) is 35.1 Å². The van der Waals surface area contributed by atoms with Gasteiger partial charge in [-0.3, -0.25) is 0 Å². The number of aliphatic hydroxyl groups is 2. The summed E-state index contributed by atoms with van der Waals surface area (Å²) < 4.78 is 39.2. The molecule has 3 saturated heterocycles. The van der Waals surface area contributed by atoms with Crippen LogP contribution in [0.5, 0.6) is 0 Å². The van der Waals surface area contributed by atoms with Crippen LogP contribution in [0.15, 0.2) is 72.8 Å². The number of esters is 2. The largest absolute Gasteiger partial charge is 0.455 e. The monoisotopic (exact) mass is 632 g/mol. The fraction of sp³-hybridized carbons (Fsp3) is 0.556. The average molecular weight is 633 g/mol. The Kier molecular flexibility index (Phi) is 6.24. The van der Waals surface area contributed by atoms with Crippen LogP contribution < -0.4 is 0 Å². The molecule has 1 spiro atoms. The predicted octanol–water partition coefficient (Wildman–Crippen LogP) is 3.80. The maximum atomic E-state index is 13.9. The van der Waals surface area contributed by atoms with Crippen molar-refractivity contribution in [1.29, 1.82) is 0 Å². The highest BCUT2D eigenvalue weighted by Gasteiger charge is 2.90. The van der Waals surface area contributed by atoms with Crippen LogP contribution in [0.3, 0.4) is 0 Å². The second kappa shape index (κ2) is 9.49. The fourth-order valence-corrected chi connectivity index (χ4v) is 10.1. The zero-order valence-electron chi connectivity index (χ0n) is 26.5. The van der Waals surface area contributed by atoms with E-state index in [0.717, 1.165) is 0 Å². The van der Waals surface area contributed by atoms with E-state index in [4.69, 9.17) is 28.4 Å². The summed E-state index contributed by atoms with van der Waals surface area (Å²) in [5.41, 5.74) is -4.58. The van der Waals surface area contributed by atoms with E-state index in [9.17, 15) is 19.8 Å². The van der Waals surface area contributed by atoms with Crippen molar-refractivity contribution in [2.45, 2.75) is 99.9 Å². The second-order valence-electron chi connectivity index (χ2n) is 14.5. The molecular formula is C36H40O10. The zero-order valence-corrected chi connectivity index (χ0v) is 26.5. The van der Waals surface area contributed by atoms with Gasteiger partial charge in [0, 0.05) is 18.8 Å². The molecule has 2 aromatic rings. The Morgan fingerprint density at radius 2 is 1.46 bits per heavy atom. The SMILES string of the molecule is C=C(C)C12OC3(C)OC1C(C)C1(O)C(C(OC(=O)c4ccccc4)C4(C)OC5(C(O)C(C)CC15)C4OC(=O)c1ccccc1)C2O3. The van der Waals surface area contributed by atoms with Crippen molar-refractivity contribution in [2.24, 2.45) is 23.7 Å². The Morgan fingerprint density at radius 1 is 0.891 bits per heavy atom. The van der Waals surface area contributed by atoms with E-state index in [2.05, 4.69) is 6.58 Å². The molecule has 10 heteroatoms. The number of hydrogen-bond donors (Lipinski definition) is 2. The first-order chi connectivity index (χ1) is 21.7. The van der Waals surface area contributed by atoms with Crippen LogP contribution in [-0.2, 0) is 28.4 Å². The van der Waals surface area contributed by atoms with Gasteiger partial charge in [0.05, 0.1) is 28.7 Å². The normalized spacial score (nSPS) is 49.2. The lowest BCUT2D eigenvalue weighted by atomic mass is 9.53. The number of hydrogen-bond acceptors (Lipinski definition) is 10. The molecule has 3 aliphatic heterocycles. The first kappa shape index (κ1) is 30.2. The lowest BCUT2D eigenvalue weighted by Crippen LogP contribution is -2.80. The smallest absolute Gasteiger partial charge is 0.338 e. The highest BCUT2D eigenvalue weighted by molar-refractivity contribution is 5.90. The van der Waals surface area contributed by atoms with Crippen LogP contribution >= 0.6 is 0 Å². The maximum absolute atomic E-state index is 13.9. The van der Waals surface area contributed by atoms with E-state index in [1.807, 2.05) is 20.8 Å². The van der Waals surface area contributed by atoms with Gasteiger partial charge in [0.2, 0.25) is 0 Å². The Morgan fingerprint density at radius 3 is 2.04 bits per heavy atom. The minimum atomic E-state index is -1.69.